The van der Waals surface area contributed by atoms with Crippen molar-refractivity contribution in [3.63, 3.8) is 0 Å². The van der Waals surface area contributed by atoms with Gasteiger partial charge in [0, 0.05) is 6.20 Å². The molecule has 2 N–H and O–H groups in total. The number of aromatic nitrogens is 3. The molecule has 2 heterocycles. The largest absolute Gasteiger partial charge is 0.507 e. The summed E-state index contributed by atoms with van der Waals surface area (Å²) >= 11 is 0. The van der Waals surface area contributed by atoms with Crippen LogP contribution in [0.25, 0.3) is 22.6 Å². The number of phenols is 1. The highest BCUT2D eigenvalue weighted by Crippen LogP contribution is 2.30. The fourth-order valence-corrected chi connectivity index (χ4v) is 1.82. The first-order chi connectivity index (χ1) is 8.25. The summed E-state index contributed by atoms with van der Waals surface area (Å²) in [5.74, 6) is 0.895. The van der Waals surface area contributed by atoms with E-state index in [-0.39, 0.29) is 5.75 Å². The molecule has 3 aromatic rings. The molecular weight excluding hydrogens is 214 g/mol. The number of rotatable bonds is 1. The minimum atomic E-state index is 0.256. The van der Waals surface area contributed by atoms with Crippen LogP contribution >= 0.6 is 0 Å². The Morgan fingerprint density at radius 3 is 2.88 bits per heavy atom. The first-order valence-electron chi connectivity index (χ1n) is 5.35. The van der Waals surface area contributed by atoms with E-state index in [2.05, 4.69) is 15.0 Å². The third-order valence-electron chi connectivity index (χ3n) is 2.75. The Morgan fingerprint density at radius 2 is 2.06 bits per heavy atom. The highest BCUT2D eigenvalue weighted by atomic mass is 16.3. The Kier molecular flexibility index (Phi) is 2.08. The van der Waals surface area contributed by atoms with Crippen LogP contribution in [0.2, 0.25) is 0 Å². The number of hydrogen-bond donors (Lipinski definition) is 2. The normalized spacial score (nSPS) is 10.9. The average molecular weight is 225 g/mol. The van der Waals surface area contributed by atoms with Crippen molar-refractivity contribution in [2.45, 2.75) is 6.92 Å². The van der Waals surface area contributed by atoms with E-state index in [9.17, 15) is 5.11 Å². The zero-order valence-electron chi connectivity index (χ0n) is 9.31. The predicted octanol–water partition coefficient (Wildman–Crippen LogP) is 2.64. The molecule has 3 rings (SSSR count). The Morgan fingerprint density at radius 1 is 1.18 bits per heavy atom. The molecular formula is C13H11N3O. The molecule has 4 nitrogen and oxygen atoms in total. The molecule has 17 heavy (non-hydrogen) atoms. The predicted molar refractivity (Wildman–Crippen MR) is 65.7 cm³/mol. The van der Waals surface area contributed by atoms with Crippen LogP contribution in [-0.2, 0) is 0 Å². The molecule has 0 fully saturated rings. The Bertz CT molecular complexity index is 655. The van der Waals surface area contributed by atoms with Crippen LogP contribution in [0.1, 0.15) is 5.56 Å². The van der Waals surface area contributed by atoms with Crippen LogP contribution in [0.3, 0.4) is 0 Å². The monoisotopic (exact) mass is 225 g/mol. The van der Waals surface area contributed by atoms with E-state index in [1.807, 2.05) is 37.3 Å². The smallest absolute Gasteiger partial charge is 0.178 e. The zero-order valence-corrected chi connectivity index (χ0v) is 9.31. The quantitative estimate of drug-likeness (QED) is 0.669. The number of aromatic amines is 1. The summed E-state index contributed by atoms with van der Waals surface area (Å²) in [7, 11) is 0. The minimum absolute atomic E-state index is 0.256. The second kappa shape index (κ2) is 3.59. The number of aromatic hydroxyl groups is 1. The van der Waals surface area contributed by atoms with Crippen LogP contribution in [0, 0.1) is 6.92 Å². The van der Waals surface area contributed by atoms with E-state index in [1.54, 1.807) is 6.20 Å². The molecule has 0 saturated heterocycles. The lowest BCUT2D eigenvalue weighted by atomic mass is 10.1. The van der Waals surface area contributed by atoms with Crippen molar-refractivity contribution in [2.75, 3.05) is 0 Å². The van der Waals surface area contributed by atoms with Crippen molar-refractivity contribution in [1.82, 2.24) is 15.0 Å². The maximum atomic E-state index is 10.00. The number of aryl methyl sites for hydroxylation is 1. The molecule has 0 bridgehead atoms. The van der Waals surface area contributed by atoms with Gasteiger partial charge < -0.3 is 10.1 Å². The van der Waals surface area contributed by atoms with E-state index >= 15 is 0 Å². The van der Waals surface area contributed by atoms with Gasteiger partial charge in [-0.05, 0) is 30.7 Å². The van der Waals surface area contributed by atoms with E-state index < -0.39 is 0 Å². The van der Waals surface area contributed by atoms with E-state index in [1.165, 1.54) is 0 Å². The summed E-state index contributed by atoms with van der Waals surface area (Å²) in [6, 6.07) is 9.34. The number of benzene rings is 1. The standard InChI is InChI=1S/C13H11N3O/c1-8-4-2-5-9(11(8)17)12-15-10-6-3-7-14-13(10)16-12/h2-7,17H,1H3,(H,14,15,16). The lowest BCUT2D eigenvalue weighted by molar-refractivity contribution is 0.473. The summed E-state index contributed by atoms with van der Waals surface area (Å²) < 4.78 is 0. The van der Waals surface area contributed by atoms with Gasteiger partial charge in [0.2, 0.25) is 0 Å². The number of para-hydroxylation sites is 1. The number of nitrogens with zero attached hydrogens (tertiary/aromatic N) is 2. The molecule has 2 aromatic heterocycles. The van der Waals surface area contributed by atoms with Gasteiger partial charge in [0.15, 0.2) is 5.65 Å². The van der Waals surface area contributed by atoms with Gasteiger partial charge in [-0.25, -0.2) is 9.97 Å². The molecule has 0 aliphatic heterocycles. The Hall–Kier alpha value is -2.36. The van der Waals surface area contributed by atoms with Gasteiger partial charge >= 0.3 is 0 Å². The van der Waals surface area contributed by atoms with Gasteiger partial charge in [0.05, 0.1) is 11.1 Å². The molecule has 0 atom stereocenters. The topological polar surface area (TPSA) is 61.8 Å². The summed E-state index contributed by atoms with van der Waals surface area (Å²) in [5.41, 5.74) is 3.05. The van der Waals surface area contributed by atoms with Crippen molar-refractivity contribution >= 4 is 11.2 Å². The average Bonchev–Trinajstić information content (AvgIpc) is 2.76. The van der Waals surface area contributed by atoms with Crippen molar-refractivity contribution < 1.29 is 5.11 Å². The molecule has 0 aliphatic rings. The molecule has 0 amide bonds. The molecule has 0 unspecified atom stereocenters. The van der Waals surface area contributed by atoms with Crippen LogP contribution in [-0.4, -0.2) is 20.1 Å². The highest BCUT2D eigenvalue weighted by molar-refractivity contribution is 5.77. The van der Waals surface area contributed by atoms with Crippen LogP contribution in [0.4, 0.5) is 0 Å². The summed E-state index contributed by atoms with van der Waals surface area (Å²) in [6.07, 6.45) is 1.70. The molecule has 0 aliphatic carbocycles. The molecule has 84 valence electrons. The third kappa shape index (κ3) is 1.54. The number of imidazole rings is 1. The SMILES string of the molecule is Cc1cccc(-c2nc3ncccc3[nH]2)c1O. The summed E-state index contributed by atoms with van der Waals surface area (Å²) in [5, 5.41) is 10.00. The van der Waals surface area contributed by atoms with Crippen molar-refractivity contribution in [2.24, 2.45) is 0 Å². The lowest BCUT2D eigenvalue weighted by Gasteiger charge is -2.03. The highest BCUT2D eigenvalue weighted by Gasteiger charge is 2.10. The number of hydrogen-bond acceptors (Lipinski definition) is 3. The van der Waals surface area contributed by atoms with Gasteiger partial charge in [0.1, 0.15) is 11.6 Å². The fraction of sp³-hybridized carbons (Fsp3) is 0.0769. The molecule has 0 spiro atoms. The number of pyridine rings is 1. The first-order valence-corrected chi connectivity index (χ1v) is 5.35. The molecule has 1 aromatic carbocycles. The van der Waals surface area contributed by atoms with Crippen molar-refractivity contribution in [3.05, 3.63) is 42.1 Å². The summed E-state index contributed by atoms with van der Waals surface area (Å²) in [6.45, 7) is 1.86. The van der Waals surface area contributed by atoms with Gasteiger partial charge in [-0.15, -0.1) is 0 Å². The Balaban J connectivity index is 2.24. The number of fused-ring (bicyclic) bond motifs is 1. The van der Waals surface area contributed by atoms with Crippen LogP contribution < -0.4 is 0 Å². The van der Waals surface area contributed by atoms with Gasteiger partial charge in [-0.1, -0.05) is 12.1 Å². The van der Waals surface area contributed by atoms with Crippen molar-refractivity contribution in [1.29, 1.82) is 0 Å². The van der Waals surface area contributed by atoms with Crippen LogP contribution in [0.5, 0.6) is 5.75 Å². The summed E-state index contributed by atoms with van der Waals surface area (Å²) in [4.78, 5) is 11.7. The van der Waals surface area contributed by atoms with Crippen molar-refractivity contribution in [3.8, 4) is 17.1 Å². The van der Waals surface area contributed by atoms with Gasteiger partial charge in [-0.3, -0.25) is 0 Å². The second-order valence-corrected chi connectivity index (χ2v) is 3.93. The first kappa shape index (κ1) is 9.84. The fourth-order valence-electron chi connectivity index (χ4n) is 1.82. The maximum Gasteiger partial charge on any atom is 0.178 e. The molecule has 0 radical (unpaired) electrons. The van der Waals surface area contributed by atoms with Gasteiger partial charge in [0.25, 0.3) is 0 Å². The van der Waals surface area contributed by atoms with E-state index in [0.717, 1.165) is 11.1 Å². The second-order valence-electron chi connectivity index (χ2n) is 3.93. The zero-order chi connectivity index (χ0) is 11.8. The molecule has 0 saturated carbocycles. The molecule has 4 heteroatoms. The Labute approximate surface area is 98.0 Å². The van der Waals surface area contributed by atoms with Crippen LogP contribution in [0.15, 0.2) is 36.5 Å². The number of H-pyrrole nitrogens is 1. The minimum Gasteiger partial charge on any atom is -0.507 e. The lowest BCUT2D eigenvalue weighted by Crippen LogP contribution is -1.84. The number of phenolic OH excluding ortho intramolecular Hbond substituents is 1. The maximum absolute atomic E-state index is 10.00. The third-order valence-corrected chi connectivity index (χ3v) is 2.75. The number of nitrogens with one attached hydrogen (secondary N) is 1. The van der Waals surface area contributed by atoms with Gasteiger partial charge in [-0.2, -0.15) is 0 Å². The van der Waals surface area contributed by atoms with E-state index in [0.29, 0.717) is 17.0 Å². The van der Waals surface area contributed by atoms with E-state index in [4.69, 9.17) is 0 Å².